The minimum atomic E-state index is -0.276. The van der Waals surface area contributed by atoms with Crippen LogP contribution < -0.4 is 0 Å². The van der Waals surface area contributed by atoms with Gasteiger partial charge in [-0.1, -0.05) is 19.1 Å². The third kappa shape index (κ3) is 1.61. The van der Waals surface area contributed by atoms with Crippen LogP contribution in [0, 0.1) is 11.8 Å². The van der Waals surface area contributed by atoms with Crippen LogP contribution in [0.3, 0.4) is 0 Å². The second-order valence-corrected chi connectivity index (χ2v) is 4.73. The van der Waals surface area contributed by atoms with E-state index < -0.39 is 0 Å². The lowest BCUT2D eigenvalue weighted by molar-refractivity contribution is -0.215. The van der Waals surface area contributed by atoms with Gasteiger partial charge in [0.25, 0.3) is 0 Å². The zero-order valence-corrected chi connectivity index (χ0v) is 9.21. The summed E-state index contributed by atoms with van der Waals surface area (Å²) in [6.07, 6.45) is 3.44. The Bertz CT molecular complexity index is 228. The Kier molecular flexibility index (Phi) is 2.67. The van der Waals surface area contributed by atoms with Crippen molar-refractivity contribution in [3.63, 3.8) is 0 Å². The molecule has 0 aromatic rings. The number of ether oxygens (including phenoxy) is 2. The molecule has 0 radical (unpaired) electrons. The maximum Gasteiger partial charge on any atom is 0.171 e. The first-order chi connectivity index (χ1) is 6.64. The van der Waals surface area contributed by atoms with Gasteiger partial charge in [-0.05, 0) is 25.7 Å². The lowest BCUT2D eigenvalue weighted by atomic mass is 9.75. The molecule has 2 heteroatoms. The van der Waals surface area contributed by atoms with Crippen LogP contribution in [-0.2, 0) is 9.47 Å². The Balaban J connectivity index is 2.10. The molecule has 1 saturated carbocycles. The van der Waals surface area contributed by atoms with E-state index in [1.165, 1.54) is 18.4 Å². The minimum Gasteiger partial charge on any atom is -0.347 e. The van der Waals surface area contributed by atoms with Crippen LogP contribution in [0.1, 0.15) is 33.1 Å². The van der Waals surface area contributed by atoms with Gasteiger partial charge in [-0.3, -0.25) is 0 Å². The number of hydrogen-bond acceptors (Lipinski definition) is 2. The molecule has 2 unspecified atom stereocenters. The highest BCUT2D eigenvalue weighted by Gasteiger charge is 2.46. The lowest BCUT2D eigenvalue weighted by Crippen LogP contribution is -2.43. The molecule has 1 aliphatic heterocycles. The molecule has 0 aromatic heterocycles. The minimum absolute atomic E-state index is 0.276. The average molecular weight is 196 g/mol. The summed E-state index contributed by atoms with van der Waals surface area (Å²) in [6.45, 7) is 9.91. The summed E-state index contributed by atoms with van der Waals surface area (Å²) in [6, 6.07) is 0. The first kappa shape index (κ1) is 10.2. The van der Waals surface area contributed by atoms with Crippen LogP contribution in [0.2, 0.25) is 0 Å². The molecule has 2 fully saturated rings. The summed E-state index contributed by atoms with van der Waals surface area (Å²) in [5.74, 6) is 0.840. The van der Waals surface area contributed by atoms with Crippen LogP contribution in [-0.4, -0.2) is 19.0 Å². The maximum atomic E-state index is 5.81. The van der Waals surface area contributed by atoms with Crippen LogP contribution >= 0.6 is 0 Å². The van der Waals surface area contributed by atoms with E-state index in [0.29, 0.717) is 11.8 Å². The summed E-state index contributed by atoms with van der Waals surface area (Å²) < 4.78 is 11.6. The van der Waals surface area contributed by atoms with Gasteiger partial charge in [0.2, 0.25) is 0 Å². The molecule has 80 valence electrons. The van der Waals surface area contributed by atoms with Crippen LogP contribution in [0.5, 0.6) is 0 Å². The number of rotatable bonds is 1. The zero-order valence-electron chi connectivity index (χ0n) is 9.21. The second kappa shape index (κ2) is 3.67. The van der Waals surface area contributed by atoms with Gasteiger partial charge in [-0.15, -0.1) is 0 Å². The van der Waals surface area contributed by atoms with Crippen molar-refractivity contribution in [2.75, 3.05) is 13.2 Å². The predicted octanol–water partition coefficient (Wildman–Crippen LogP) is 2.74. The molecule has 2 atom stereocenters. The zero-order chi connectivity index (χ0) is 10.2. The Hall–Kier alpha value is -0.340. The van der Waals surface area contributed by atoms with Gasteiger partial charge in [-0.2, -0.15) is 0 Å². The normalized spacial score (nSPS) is 36.1. The van der Waals surface area contributed by atoms with E-state index in [1.54, 1.807) is 0 Å². The summed E-state index contributed by atoms with van der Waals surface area (Å²) in [5, 5.41) is 0. The molecule has 0 amide bonds. The summed E-state index contributed by atoms with van der Waals surface area (Å²) in [7, 11) is 0. The summed E-state index contributed by atoms with van der Waals surface area (Å²) >= 11 is 0. The van der Waals surface area contributed by atoms with Crippen molar-refractivity contribution >= 4 is 0 Å². The fourth-order valence-corrected chi connectivity index (χ4v) is 2.61. The van der Waals surface area contributed by atoms with E-state index in [1.807, 2.05) is 0 Å². The molecule has 1 heterocycles. The SMILES string of the molecule is C=C(C)C1CCC(C)C2(C1)OCCO2. The molecular formula is C12H20O2. The van der Waals surface area contributed by atoms with Crippen molar-refractivity contribution < 1.29 is 9.47 Å². The molecule has 2 nitrogen and oxygen atoms in total. The molecule has 1 aliphatic carbocycles. The molecule has 2 rings (SSSR count). The monoisotopic (exact) mass is 196 g/mol. The van der Waals surface area contributed by atoms with Gasteiger partial charge < -0.3 is 9.47 Å². The van der Waals surface area contributed by atoms with Gasteiger partial charge in [0.05, 0.1) is 13.2 Å². The highest BCUT2D eigenvalue weighted by molar-refractivity contribution is 5.02. The molecule has 2 aliphatic rings. The molecule has 14 heavy (non-hydrogen) atoms. The van der Waals surface area contributed by atoms with E-state index in [9.17, 15) is 0 Å². The molecular weight excluding hydrogens is 176 g/mol. The van der Waals surface area contributed by atoms with Crippen LogP contribution in [0.25, 0.3) is 0 Å². The highest BCUT2D eigenvalue weighted by atomic mass is 16.7. The first-order valence-electron chi connectivity index (χ1n) is 5.57. The van der Waals surface area contributed by atoms with Crippen LogP contribution in [0.15, 0.2) is 12.2 Å². The van der Waals surface area contributed by atoms with Crippen molar-refractivity contribution in [3.05, 3.63) is 12.2 Å². The summed E-state index contributed by atoms with van der Waals surface area (Å²) in [4.78, 5) is 0. The topological polar surface area (TPSA) is 18.5 Å². The van der Waals surface area contributed by atoms with Crippen molar-refractivity contribution in [2.24, 2.45) is 11.8 Å². The predicted molar refractivity (Wildman–Crippen MR) is 56.0 cm³/mol. The first-order valence-corrected chi connectivity index (χ1v) is 5.57. The highest BCUT2D eigenvalue weighted by Crippen LogP contribution is 2.44. The smallest absolute Gasteiger partial charge is 0.171 e. The van der Waals surface area contributed by atoms with E-state index in [4.69, 9.17) is 9.47 Å². The molecule has 0 bridgehead atoms. The van der Waals surface area contributed by atoms with Crippen molar-refractivity contribution in [2.45, 2.75) is 38.9 Å². The molecule has 1 spiro atoms. The lowest BCUT2D eigenvalue weighted by Gasteiger charge is -2.41. The second-order valence-electron chi connectivity index (χ2n) is 4.73. The van der Waals surface area contributed by atoms with E-state index >= 15 is 0 Å². The maximum absolute atomic E-state index is 5.81. The van der Waals surface area contributed by atoms with Crippen molar-refractivity contribution in [3.8, 4) is 0 Å². The third-order valence-corrected chi connectivity index (χ3v) is 3.70. The Morgan fingerprint density at radius 3 is 2.50 bits per heavy atom. The average Bonchev–Trinajstić information content (AvgIpc) is 2.59. The molecule has 0 aromatic carbocycles. The largest absolute Gasteiger partial charge is 0.347 e. The molecule has 0 N–H and O–H groups in total. The molecule has 1 saturated heterocycles. The van der Waals surface area contributed by atoms with Crippen molar-refractivity contribution in [1.82, 2.24) is 0 Å². The Labute approximate surface area is 86.3 Å². The standard InChI is InChI=1S/C12H20O2/c1-9(2)11-5-4-10(3)12(8-11)13-6-7-14-12/h10-11H,1,4-8H2,2-3H3. The van der Waals surface area contributed by atoms with Crippen molar-refractivity contribution in [1.29, 1.82) is 0 Å². The number of hydrogen-bond donors (Lipinski definition) is 0. The van der Waals surface area contributed by atoms with Gasteiger partial charge in [0, 0.05) is 12.3 Å². The van der Waals surface area contributed by atoms with Gasteiger partial charge in [-0.25, -0.2) is 0 Å². The Morgan fingerprint density at radius 2 is 1.93 bits per heavy atom. The summed E-state index contributed by atoms with van der Waals surface area (Å²) in [5.41, 5.74) is 1.27. The quantitative estimate of drug-likeness (QED) is 0.600. The van der Waals surface area contributed by atoms with E-state index in [0.717, 1.165) is 19.6 Å². The third-order valence-electron chi connectivity index (χ3n) is 3.70. The van der Waals surface area contributed by atoms with Crippen LogP contribution in [0.4, 0.5) is 0 Å². The fourth-order valence-electron chi connectivity index (χ4n) is 2.61. The van der Waals surface area contributed by atoms with E-state index in [2.05, 4.69) is 20.4 Å². The van der Waals surface area contributed by atoms with E-state index in [-0.39, 0.29) is 5.79 Å². The Morgan fingerprint density at radius 1 is 1.29 bits per heavy atom. The van der Waals surface area contributed by atoms with Gasteiger partial charge in [0.1, 0.15) is 0 Å². The van der Waals surface area contributed by atoms with Gasteiger partial charge in [0.15, 0.2) is 5.79 Å². The van der Waals surface area contributed by atoms with Gasteiger partial charge >= 0.3 is 0 Å². The fraction of sp³-hybridized carbons (Fsp3) is 0.833. The number of allylic oxidation sites excluding steroid dienone is 1.